The van der Waals surface area contributed by atoms with Crippen LogP contribution >= 0.6 is 36.2 Å². The fourth-order valence-electron chi connectivity index (χ4n) is 3.93. The minimum Gasteiger partial charge on any atom is -0.341 e. The summed E-state index contributed by atoms with van der Waals surface area (Å²) < 4.78 is 1.26. The number of likely N-dealkylation sites (tertiary alicyclic amines) is 1. The van der Waals surface area contributed by atoms with Crippen LogP contribution in [0.5, 0.6) is 0 Å². The number of thiazole rings is 1. The third-order valence-electron chi connectivity index (χ3n) is 5.36. The standard InChI is InChI=1S/C18H23N3OS.2ClH/c19-18(9-3-4-10-18)17(22)21-11-7-13(8-12-21)16-20-14-5-1-2-6-15(14)23-16;;/h1-2,5-6,13H,3-4,7-12,19H2;2*1H. The average molecular weight is 402 g/mol. The van der Waals surface area contributed by atoms with E-state index in [9.17, 15) is 4.79 Å². The molecule has 0 bridgehead atoms. The summed E-state index contributed by atoms with van der Waals surface area (Å²) in [4.78, 5) is 19.5. The number of para-hydroxylation sites is 1. The molecule has 7 heteroatoms. The van der Waals surface area contributed by atoms with Crippen LogP contribution in [-0.4, -0.2) is 34.4 Å². The van der Waals surface area contributed by atoms with Crippen molar-refractivity contribution in [2.75, 3.05) is 13.1 Å². The number of piperidine rings is 1. The van der Waals surface area contributed by atoms with Crippen LogP contribution in [0.25, 0.3) is 10.2 Å². The van der Waals surface area contributed by atoms with Gasteiger partial charge in [-0.2, -0.15) is 0 Å². The molecule has 0 spiro atoms. The predicted molar refractivity (Wildman–Crippen MR) is 108 cm³/mol. The number of hydrogen-bond donors (Lipinski definition) is 1. The average Bonchev–Trinajstić information content (AvgIpc) is 3.21. The number of amides is 1. The molecule has 1 saturated carbocycles. The van der Waals surface area contributed by atoms with Crippen LogP contribution in [0.1, 0.15) is 49.5 Å². The summed E-state index contributed by atoms with van der Waals surface area (Å²) in [6, 6.07) is 8.31. The van der Waals surface area contributed by atoms with Crippen molar-refractivity contribution in [3.63, 3.8) is 0 Å². The monoisotopic (exact) mass is 401 g/mol. The van der Waals surface area contributed by atoms with E-state index in [0.717, 1.165) is 57.1 Å². The molecular formula is C18H25Cl2N3OS. The van der Waals surface area contributed by atoms with Crippen molar-refractivity contribution in [2.45, 2.75) is 50.0 Å². The van der Waals surface area contributed by atoms with Crippen LogP contribution in [0.4, 0.5) is 0 Å². The second-order valence-corrected chi connectivity index (χ2v) is 8.01. The first-order chi connectivity index (χ1) is 11.2. The molecule has 4 rings (SSSR count). The number of nitrogens with two attached hydrogens (primary N) is 1. The van der Waals surface area contributed by atoms with E-state index in [4.69, 9.17) is 10.7 Å². The van der Waals surface area contributed by atoms with Crippen LogP contribution < -0.4 is 5.73 Å². The molecule has 2 aromatic rings. The van der Waals surface area contributed by atoms with Gasteiger partial charge in [0.15, 0.2) is 0 Å². The molecule has 0 radical (unpaired) electrons. The summed E-state index contributed by atoms with van der Waals surface area (Å²) in [6.07, 6.45) is 5.88. The predicted octanol–water partition coefficient (Wildman–Crippen LogP) is 4.12. The van der Waals surface area contributed by atoms with Gasteiger partial charge in [0.1, 0.15) is 0 Å². The maximum atomic E-state index is 12.7. The Bertz CT molecular complexity index is 689. The highest BCUT2D eigenvalue weighted by atomic mass is 35.5. The second-order valence-electron chi connectivity index (χ2n) is 6.95. The Morgan fingerprint density at radius 2 is 1.80 bits per heavy atom. The summed E-state index contributed by atoms with van der Waals surface area (Å²) in [5.41, 5.74) is 6.84. The molecule has 1 aliphatic carbocycles. The highest BCUT2D eigenvalue weighted by Crippen LogP contribution is 2.35. The van der Waals surface area contributed by atoms with E-state index in [-0.39, 0.29) is 30.7 Å². The molecule has 2 N–H and O–H groups in total. The topological polar surface area (TPSA) is 59.2 Å². The van der Waals surface area contributed by atoms with Gasteiger partial charge in [-0.05, 0) is 37.8 Å². The van der Waals surface area contributed by atoms with Gasteiger partial charge in [0.05, 0.1) is 20.8 Å². The lowest BCUT2D eigenvalue weighted by Gasteiger charge is -2.36. The van der Waals surface area contributed by atoms with E-state index in [1.807, 2.05) is 11.0 Å². The minimum atomic E-state index is -0.581. The number of carbonyl (C=O) groups is 1. The third-order valence-corrected chi connectivity index (χ3v) is 6.56. The zero-order valence-corrected chi connectivity index (χ0v) is 16.6. The van der Waals surface area contributed by atoms with Crippen molar-refractivity contribution < 1.29 is 4.79 Å². The number of rotatable bonds is 2. The molecule has 1 amide bonds. The molecule has 138 valence electrons. The van der Waals surface area contributed by atoms with E-state index in [1.165, 1.54) is 9.71 Å². The number of fused-ring (bicyclic) bond motifs is 1. The zero-order valence-electron chi connectivity index (χ0n) is 14.1. The molecule has 25 heavy (non-hydrogen) atoms. The largest absolute Gasteiger partial charge is 0.341 e. The fourth-order valence-corrected chi connectivity index (χ4v) is 5.07. The van der Waals surface area contributed by atoms with Crippen LogP contribution in [-0.2, 0) is 4.79 Å². The second kappa shape index (κ2) is 8.21. The number of hydrogen-bond acceptors (Lipinski definition) is 4. The van der Waals surface area contributed by atoms with Crippen LogP contribution in [0.2, 0.25) is 0 Å². The Labute approximate surface area is 165 Å². The zero-order chi connectivity index (χ0) is 15.9. The lowest BCUT2D eigenvalue weighted by Crippen LogP contribution is -2.55. The third kappa shape index (κ3) is 3.95. The van der Waals surface area contributed by atoms with Gasteiger partial charge in [-0.15, -0.1) is 36.2 Å². The molecule has 1 aromatic carbocycles. The van der Waals surface area contributed by atoms with Gasteiger partial charge in [-0.3, -0.25) is 4.79 Å². The van der Waals surface area contributed by atoms with E-state index in [1.54, 1.807) is 11.3 Å². The first-order valence-electron chi connectivity index (χ1n) is 8.59. The number of aromatic nitrogens is 1. The lowest BCUT2D eigenvalue weighted by atomic mass is 9.93. The van der Waals surface area contributed by atoms with Gasteiger partial charge >= 0.3 is 0 Å². The van der Waals surface area contributed by atoms with E-state index < -0.39 is 5.54 Å². The molecule has 4 nitrogen and oxygen atoms in total. The lowest BCUT2D eigenvalue weighted by molar-refractivity contribution is -0.137. The number of halogens is 2. The number of nitrogens with zero attached hydrogens (tertiary/aromatic N) is 2. The molecular weight excluding hydrogens is 377 g/mol. The van der Waals surface area contributed by atoms with E-state index in [2.05, 4.69) is 18.2 Å². The fraction of sp³-hybridized carbons (Fsp3) is 0.556. The summed E-state index contributed by atoms with van der Waals surface area (Å²) in [5, 5.41) is 1.22. The van der Waals surface area contributed by atoms with E-state index in [0.29, 0.717) is 5.92 Å². The number of carbonyl (C=O) groups excluding carboxylic acids is 1. The van der Waals surface area contributed by atoms with Crippen LogP contribution in [0, 0.1) is 0 Å². The van der Waals surface area contributed by atoms with Crippen molar-refractivity contribution in [3.05, 3.63) is 29.3 Å². The molecule has 2 fully saturated rings. The Morgan fingerprint density at radius 3 is 2.44 bits per heavy atom. The Kier molecular flexibility index (Phi) is 6.71. The highest BCUT2D eigenvalue weighted by Gasteiger charge is 2.40. The van der Waals surface area contributed by atoms with Crippen molar-refractivity contribution >= 4 is 52.3 Å². The smallest absolute Gasteiger partial charge is 0.242 e. The van der Waals surface area contributed by atoms with Gasteiger partial charge in [0.25, 0.3) is 0 Å². The Morgan fingerprint density at radius 1 is 1.16 bits per heavy atom. The van der Waals surface area contributed by atoms with E-state index >= 15 is 0 Å². The van der Waals surface area contributed by atoms with Crippen molar-refractivity contribution in [2.24, 2.45) is 5.73 Å². The molecule has 0 atom stereocenters. The number of benzene rings is 1. The van der Waals surface area contributed by atoms with Crippen molar-refractivity contribution in [3.8, 4) is 0 Å². The van der Waals surface area contributed by atoms with Gasteiger partial charge in [-0.25, -0.2) is 4.98 Å². The summed E-state index contributed by atoms with van der Waals surface area (Å²) >= 11 is 1.80. The first kappa shape index (κ1) is 20.4. The van der Waals surface area contributed by atoms with Crippen molar-refractivity contribution in [1.29, 1.82) is 0 Å². The SMILES string of the molecule is Cl.Cl.NC1(C(=O)N2CCC(c3nc4ccccc4s3)CC2)CCCC1. The summed E-state index contributed by atoms with van der Waals surface area (Å²) in [6.45, 7) is 1.64. The van der Waals surface area contributed by atoms with Gasteiger partial charge < -0.3 is 10.6 Å². The molecule has 2 aliphatic rings. The van der Waals surface area contributed by atoms with Crippen molar-refractivity contribution in [1.82, 2.24) is 9.88 Å². The molecule has 0 unspecified atom stereocenters. The van der Waals surface area contributed by atoms with Crippen LogP contribution in [0.15, 0.2) is 24.3 Å². The molecule has 1 aromatic heterocycles. The minimum absolute atomic E-state index is 0. The molecule has 2 heterocycles. The normalized spacial score (nSPS) is 20.1. The first-order valence-corrected chi connectivity index (χ1v) is 9.41. The summed E-state index contributed by atoms with van der Waals surface area (Å²) in [5.74, 6) is 0.659. The maximum Gasteiger partial charge on any atom is 0.242 e. The summed E-state index contributed by atoms with van der Waals surface area (Å²) in [7, 11) is 0. The quantitative estimate of drug-likeness (QED) is 0.822. The Balaban J connectivity index is 0.00000113. The van der Waals surface area contributed by atoms with Gasteiger partial charge in [0.2, 0.25) is 5.91 Å². The van der Waals surface area contributed by atoms with Gasteiger partial charge in [0, 0.05) is 19.0 Å². The maximum absolute atomic E-state index is 12.7. The van der Waals surface area contributed by atoms with Gasteiger partial charge in [-0.1, -0.05) is 25.0 Å². The molecule has 1 saturated heterocycles. The molecule has 1 aliphatic heterocycles. The highest BCUT2D eigenvalue weighted by molar-refractivity contribution is 7.18. The van der Waals surface area contributed by atoms with Crippen LogP contribution in [0.3, 0.4) is 0 Å². The Hall–Kier alpha value is -0.880.